The molecule has 0 aliphatic heterocycles. The number of rotatable bonds is 10. The molecule has 0 radical (unpaired) electrons. The summed E-state index contributed by atoms with van der Waals surface area (Å²) < 4.78 is 14.4. The highest BCUT2D eigenvalue weighted by Gasteiger charge is 2.26. The molecule has 0 aliphatic rings. The van der Waals surface area contributed by atoms with Crippen LogP contribution < -0.4 is 5.32 Å². The third-order valence-electron chi connectivity index (χ3n) is 3.04. The van der Waals surface area contributed by atoms with Gasteiger partial charge in [0.25, 0.3) is 0 Å². The molecule has 0 aliphatic carbocycles. The van der Waals surface area contributed by atoms with E-state index in [1.165, 1.54) is 0 Å². The second-order valence-corrected chi connectivity index (χ2v) is 6.28. The van der Waals surface area contributed by atoms with E-state index in [0.717, 1.165) is 5.56 Å². The Morgan fingerprint density at radius 1 is 1.17 bits per heavy atom. The standard InChI is InChI=1S/C14H20NO8P/c16-11(14(19)12(17)9-23-24(20,21)22)6-7-15-13(18)8-10-4-2-1-3-5-10/h1-5,11,14,16,19H,6-9H2,(H,15,18)(H2,20,21,22)/t11?,14-/m1/s1. The van der Waals surface area contributed by atoms with Crippen LogP contribution in [-0.4, -0.2) is 57.0 Å². The Morgan fingerprint density at radius 3 is 2.38 bits per heavy atom. The largest absolute Gasteiger partial charge is 0.470 e. The molecule has 0 heterocycles. The summed E-state index contributed by atoms with van der Waals surface area (Å²) in [6.45, 7) is -1.00. The summed E-state index contributed by atoms with van der Waals surface area (Å²) in [7, 11) is -4.83. The molecule has 24 heavy (non-hydrogen) atoms. The van der Waals surface area contributed by atoms with Gasteiger partial charge in [0.1, 0.15) is 12.7 Å². The normalized spacial score (nSPS) is 14.0. The number of phosphoric ester groups is 1. The van der Waals surface area contributed by atoms with Crippen LogP contribution in [0.2, 0.25) is 0 Å². The minimum Gasteiger partial charge on any atom is -0.390 e. The maximum Gasteiger partial charge on any atom is 0.470 e. The van der Waals surface area contributed by atoms with E-state index in [2.05, 4.69) is 9.84 Å². The Balaban J connectivity index is 2.29. The van der Waals surface area contributed by atoms with Gasteiger partial charge < -0.3 is 25.3 Å². The molecule has 0 fully saturated rings. The number of amides is 1. The molecular formula is C14H20NO8P. The Bertz CT molecular complexity index is 588. The zero-order valence-electron chi connectivity index (χ0n) is 12.7. The number of ketones is 1. The fourth-order valence-corrected chi connectivity index (χ4v) is 2.10. The van der Waals surface area contributed by atoms with Crippen molar-refractivity contribution in [2.24, 2.45) is 0 Å². The van der Waals surface area contributed by atoms with Crippen LogP contribution >= 0.6 is 7.82 Å². The van der Waals surface area contributed by atoms with Crippen molar-refractivity contribution in [3.63, 3.8) is 0 Å². The van der Waals surface area contributed by atoms with Crippen LogP contribution in [0.4, 0.5) is 0 Å². The van der Waals surface area contributed by atoms with Crippen molar-refractivity contribution in [3.8, 4) is 0 Å². The molecule has 9 nitrogen and oxygen atoms in total. The SMILES string of the molecule is O=C(Cc1ccccc1)NCCC(O)[C@@H](O)C(=O)COP(=O)(O)O. The van der Waals surface area contributed by atoms with Gasteiger partial charge in [0.2, 0.25) is 5.91 Å². The van der Waals surface area contributed by atoms with Gasteiger partial charge in [-0.1, -0.05) is 30.3 Å². The molecule has 5 N–H and O–H groups in total. The van der Waals surface area contributed by atoms with Crippen molar-refractivity contribution in [3.05, 3.63) is 35.9 Å². The number of hydrogen-bond donors (Lipinski definition) is 5. The monoisotopic (exact) mass is 361 g/mol. The summed E-state index contributed by atoms with van der Waals surface area (Å²) in [4.78, 5) is 40.0. The summed E-state index contributed by atoms with van der Waals surface area (Å²) in [5.74, 6) is -1.35. The molecule has 1 rings (SSSR count). The third kappa shape index (κ3) is 8.30. The molecule has 1 unspecified atom stereocenters. The lowest BCUT2D eigenvalue weighted by Gasteiger charge is -2.17. The molecule has 2 atom stereocenters. The highest BCUT2D eigenvalue weighted by Crippen LogP contribution is 2.35. The number of phosphoric acid groups is 1. The van der Waals surface area contributed by atoms with Gasteiger partial charge in [0.05, 0.1) is 12.5 Å². The van der Waals surface area contributed by atoms with Gasteiger partial charge in [-0.25, -0.2) is 4.57 Å². The fraction of sp³-hybridized carbons (Fsp3) is 0.429. The number of aliphatic hydroxyl groups excluding tert-OH is 2. The van der Waals surface area contributed by atoms with E-state index < -0.39 is 32.4 Å². The average Bonchev–Trinajstić information content (AvgIpc) is 2.52. The first kappa shape index (κ1) is 20.4. The zero-order chi connectivity index (χ0) is 18.2. The van der Waals surface area contributed by atoms with Crippen molar-refractivity contribution < 1.29 is 38.7 Å². The Kier molecular flexibility index (Phi) is 8.20. The van der Waals surface area contributed by atoms with Crippen molar-refractivity contribution in [1.82, 2.24) is 5.32 Å². The number of nitrogens with one attached hydrogen (secondary N) is 1. The molecule has 0 saturated carbocycles. The summed E-state index contributed by atoms with van der Waals surface area (Å²) in [6.07, 6.45) is -3.30. The number of aliphatic hydroxyl groups is 2. The van der Waals surface area contributed by atoms with Crippen LogP contribution in [0.1, 0.15) is 12.0 Å². The Labute approximate surface area is 138 Å². The molecule has 1 aromatic rings. The number of carbonyl (C=O) groups is 2. The number of hydrogen-bond acceptors (Lipinski definition) is 6. The fourth-order valence-electron chi connectivity index (χ4n) is 1.81. The molecular weight excluding hydrogens is 341 g/mol. The van der Waals surface area contributed by atoms with Crippen molar-refractivity contribution in [2.45, 2.75) is 25.0 Å². The highest BCUT2D eigenvalue weighted by atomic mass is 31.2. The average molecular weight is 361 g/mol. The Morgan fingerprint density at radius 2 is 1.79 bits per heavy atom. The third-order valence-corrected chi connectivity index (χ3v) is 3.50. The molecule has 134 valence electrons. The van der Waals surface area contributed by atoms with Crippen molar-refractivity contribution in [2.75, 3.05) is 13.2 Å². The molecule has 1 aromatic carbocycles. The van der Waals surface area contributed by atoms with Crippen molar-refractivity contribution in [1.29, 1.82) is 0 Å². The van der Waals surface area contributed by atoms with Crippen LogP contribution in [0.25, 0.3) is 0 Å². The van der Waals surface area contributed by atoms with E-state index in [0.29, 0.717) is 0 Å². The summed E-state index contributed by atoms with van der Waals surface area (Å²) in [5.41, 5.74) is 0.820. The maximum atomic E-state index is 11.7. The second-order valence-electron chi connectivity index (χ2n) is 5.04. The highest BCUT2D eigenvalue weighted by molar-refractivity contribution is 7.46. The van der Waals surface area contributed by atoms with Gasteiger partial charge in [-0.3, -0.25) is 14.1 Å². The topological polar surface area (TPSA) is 153 Å². The molecule has 10 heteroatoms. The van der Waals surface area contributed by atoms with Crippen LogP contribution in [0.15, 0.2) is 30.3 Å². The number of carbonyl (C=O) groups excluding carboxylic acids is 2. The lowest BCUT2D eigenvalue weighted by Crippen LogP contribution is -2.38. The first-order valence-electron chi connectivity index (χ1n) is 7.08. The first-order valence-corrected chi connectivity index (χ1v) is 8.61. The van der Waals surface area contributed by atoms with Crippen LogP contribution in [0, 0.1) is 0 Å². The van der Waals surface area contributed by atoms with Gasteiger partial charge in [-0.15, -0.1) is 0 Å². The summed E-state index contributed by atoms with van der Waals surface area (Å²) in [5, 5.41) is 21.7. The maximum absolute atomic E-state index is 11.7. The van der Waals surface area contributed by atoms with E-state index in [9.17, 15) is 24.4 Å². The molecule has 0 saturated heterocycles. The quantitative estimate of drug-likeness (QED) is 0.337. The summed E-state index contributed by atoms with van der Waals surface area (Å²) in [6, 6.07) is 9.00. The van der Waals surface area contributed by atoms with Gasteiger partial charge >= 0.3 is 7.82 Å². The number of benzene rings is 1. The molecule has 1 amide bonds. The minimum absolute atomic E-state index is 0.0243. The van der Waals surface area contributed by atoms with Gasteiger partial charge in [-0.05, 0) is 12.0 Å². The van der Waals surface area contributed by atoms with E-state index in [4.69, 9.17) is 9.79 Å². The van der Waals surface area contributed by atoms with Gasteiger partial charge in [0, 0.05) is 6.54 Å². The first-order chi connectivity index (χ1) is 11.2. The number of Topliss-reactive ketones (excluding diaryl/α,β-unsaturated/α-hetero) is 1. The van der Waals surface area contributed by atoms with E-state index in [-0.39, 0.29) is 25.3 Å². The van der Waals surface area contributed by atoms with E-state index in [1.54, 1.807) is 24.3 Å². The Hall–Kier alpha value is -1.61. The minimum atomic E-state index is -4.83. The van der Waals surface area contributed by atoms with Crippen LogP contribution in [0.3, 0.4) is 0 Å². The van der Waals surface area contributed by atoms with Crippen molar-refractivity contribution >= 4 is 19.5 Å². The van der Waals surface area contributed by atoms with Crippen LogP contribution in [0.5, 0.6) is 0 Å². The predicted octanol–water partition coefficient (Wildman–Crippen LogP) is -0.864. The molecule has 0 bridgehead atoms. The van der Waals surface area contributed by atoms with E-state index in [1.807, 2.05) is 6.07 Å². The zero-order valence-corrected chi connectivity index (χ0v) is 13.6. The van der Waals surface area contributed by atoms with Gasteiger partial charge in [0.15, 0.2) is 5.78 Å². The van der Waals surface area contributed by atoms with Crippen LogP contribution in [-0.2, 0) is 25.1 Å². The second kappa shape index (κ2) is 9.63. The summed E-state index contributed by atoms with van der Waals surface area (Å²) >= 11 is 0. The lowest BCUT2D eigenvalue weighted by molar-refractivity contribution is -0.135. The van der Waals surface area contributed by atoms with E-state index >= 15 is 0 Å². The molecule has 0 aromatic heterocycles. The lowest BCUT2D eigenvalue weighted by atomic mass is 10.1. The smallest absolute Gasteiger partial charge is 0.390 e. The van der Waals surface area contributed by atoms with Gasteiger partial charge in [-0.2, -0.15) is 0 Å². The molecule has 0 spiro atoms. The predicted molar refractivity (Wildman–Crippen MR) is 82.8 cm³/mol.